The van der Waals surface area contributed by atoms with E-state index in [1.807, 2.05) is 24.3 Å². The monoisotopic (exact) mass is 393 g/mol. The summed E-state index contributed by atoms with van der Waals surface area (Å²) in [6.45, 7) is 8.20. The van der Waals surface area contributed by atoms with Gasteiger partial charge in [0.25, 0.3) is 0 Å². The number of ether oxygens (including phenoxy) is 1. The van der Waals surface area contributed by atoms with Crippen LogP contribution in [0, 0.1) is 5.92 Å². The lowest BCUT2D eigenvalue weighted by atomic mass is 9.86. The van der Waals surface area contributed by atoms with Crippen LogP contribution in [0.1, 0.15) is 32.6 Å². The smallest absolute Gasteiger partial charge is 0.234 e. The number of halogens is 1. The molecule has 1 aromatic rings. The van der Waals surface area contributed by atoms with Crippen molar-refractivity contribution in [3.8, 4) is 5.75 Å². The van der Waals surface area contributed by atoms with Crippen molar-refractivity contribution in [1.29, 1.82) is 0 Å². The molecule has 6 heteroatoms. The van der Waals surface area contributed by atoms with Gasteiger partial charge in [0.1, 0.15) is 12.4 Å². The third-order valence-corrected chi connectivity index (χ3v) is 6.03. The van der Waals surface area contributed by atoms with E-state index in [0.29, 0.717) is 25.1 Å². The maximum Gasteiger partial charge on any atom is 0.234 e. The second-order valence-corrected chi connectivity index (χ2v) is 8.29. The molecule has 150 valence electrons. The van der Waals surface area contributed by atoms with E-state index in [2.05, 4.69) is 22.0 Å². The number of hydrogen-bond donors (Lipinski definition) is 1. The predicted molar refractivity (Wildman–Crippen MR) is 109 cm³/mol. The zero-order valence-corrected chi connectivity index (χ0v) is 17.1. The summed E-state index contributed by atoms with van der Waals surface area (Å²) in [5, 5.41) is 3.98. The quantitative estimate of drug-likeness (QED) is 0.773. The van der Waals surface area contributed by atoms with Crippen molar-refractivity contribution in [2.24, 2.45) is 5.92 Å². The van der Waals surface area contributed by atoms with Gasteiger partial charge < -0.3 is 10.1 Å². The highest BCUT2D eigenvalue weighted by atomic mass is 35.5. The van der Waals surface area contributed by atoms with Gasteiger partial charge in [-0.25, -0.2) is 0 Å². The third-order valence-electron chi connectivity index (χ3n) is 5.78. The Morgan fingerprint density at radius 2 is 1.78 bits per heavy atom. The molecule has 0 aromatic heterocycles. The molecule has 1 N–H and O–H groups in total. The van der Waals surface area contributed by atoms with E-state index in [1.54, 1.807) is 0 Å². The van der Waals surface area contributed by atoms with Gasteiger partial charge in [-0.2, -0.15) is 0 Å². The minimum atomic E-state index is 0.188. The molecule has 2 fully saturated rings. The van der Waals surface area contributed by atoms with Crippen molar-refractivity contribution in [3.05, 3.63) is 29.3 Å². The van der Waals surface area contributed by atoms with Crippen LogP contribution >= 0.6 is 11.6 Å². The van der Waals surface area contributed by atoms with Gasteiger partial charge in [-0.05, 0) is 43.0 Å². The van der Waals surface area contributed by atoms with Gasteiger partial charge in [0, 0.05) is 43.8 Å². The topological polar surface area (TPSA) is 44.8 Å². The number of amides is 1. The lowest BCUT2D eigenvalue weighted by molar-refractivity contribution is -0.124. The van der Waals surface area contributed by atoms with Crippen molar-refractivity contribution in [2.45, 2.75) is 38.6 Å². The molecule has 1 aromatic carbocycles. The molecular formula is C21H32ClN3O2. The molecule has 27 heavy (non-hydrogen) atoms. The highest BCUT2D eigenvalue weighted by molar-refractivity contribution is 6.30. The first-order valence-electron chi connectivity index (χ1n) is 10.2. The van der Waals surface area contributed by atoms with E-state index >= 15 is 0 Å². The van der Waals surface area contributed by atoms with E-state index in [1.165, 1.54) is 19.3 Å². The first-order valence-corrected chi connectivity index (χ1v) is 10.6. The average molecular weight is 394 g/mol. The maximum absolute atomic E-state index is 12.4. The fourth-order valence-electron chi connectivity index (χ4n) is 3.98. The van der Waals surface area contributed by atoms with Crippen LogP contribution in [0.25, 0.3) is 0 Å². The molecule has 0 spiro atoms. The molecule has 1 aliphatic carbocycles. The number of benzene rings is 1. The van der Waals surface area contributed by atoms with E-state index in [0.717, 1.165) is 49.9 Å². The molecule has 1 saturated carbocycles. The first kappa shape index (κ1) is 20.4. The van der Waals surface area contributed by atoms with Gasteiger partial charge in [0.2, 0.25) is 5.91 Å². The van der Waals surface area contributed by atoms with E-state index < -0.39 is 0 Å². The van der Waals surface area contributed by atoms with Crippen LogP contribution in [0.2, 0.25) is 5.02 Å². The third kappa shape index (κ3) is 6.66. The number of carbonyl (C=O) groups is 1. The molecule has 0 unspecified atom stereocenters. The summed E-state index contributed by atoms with van der Waals surface area (Å²) in [7, 11) is 0. The fourth-order valence-corrected chi connectivity index (χ4v) is 4.11. The number of piperazine rings is 1. The molecule has 1 aliphatic heterocycles. The SMILES string of the molecule is C[C@H]1CCCC[C@H]1NC(=O)CN1CCN(CCOc2ccc(Cl)cc2)CC1. The Labute approximate surface area is 168 Å². The van der Waals surface area contributed by atoms with Gasteiger partial charge in [0.15, 0.2) is 0 Å². The highest BCUT2D eigenvalue weighted by Gasteiger charge is 2.24. The Balaban J connectivity index is 1.30. The summed E-state index contributed by atoms with van der Waals surface area (Å²) in [6, 6.07) is 7.85. The number of nitrogens with one attached hydrogen (secondary N) is 1. The zero-order chi connectivity index (χ0) is 19.1. The molecule has 2 atom stereocenters. The lowest BCUT2D eigenvalue weighted by Crippen LogP contribution is -2.51. The Morgan fingerprint density at radius 3 is 2.48 bits per heavy atom. The summed E-state index contributed by atoms with van der Waals surface area (Å²) in [6.07, 6.45) is 4.92. The minimum absolute atomic E-state index is 0.188. The average Bonchev–Trinajstić information content (AvgIpc) is 2.67. The van der Waals surface area contributed by atoms with Crippen LogP contribution in [-0.2, 0) is 4.79 Å². The van der Waals surface area contributed by atoms with Gasteiger partial charge in [-0.15, -0.1) is 0 Å². The highest BCUT2D eigenvalue weighted by Crippen LogP contribution is 2.23. The number of carbonyl (C=O) groups excluding carboxylic acids is 1. The molecule has 0 radical (unpaired) electrons. The fraction of sp³-hybridized carbons (Fsp3) is 0.667. The molecule has 5 nitrogen and oxygen atoms in total. The van der Waals surface area contributed by atoms with E-state index in [9.17, 15) is 4.79 Å². The summed E-state index contributed by atoms with van der Waals surface area (Å²) in [5.41, 5.74) is 0. The Bertz CT molecular complexity index is 588. The van der Waals surface area contributed by atoms with E-state index in [-0.39, 0.29) is 5.91 Å². The lowest BCUT2D eigenvalue weighted by Gasteiger charge is -2.35. The number of rotatable bonds is 7. The van der Waals surface area contributed by atoms with Crippen LogP contribution in [-0.4, -0.2) is 67.6 Å². The van der Waals surface area contributed by atoms with Crippen molar-refractivity contribution >= 4 is 17.5 Å². The number of hydrogen-bond acceptors (Lipinski definition) is 4. The second-order valence-electron chi connectivity index (χ2n) is 7.86. The van der Waals surface area contributed by atoms with Crippen LogP contribution in [0.3, 0.4) is 0 Å². The molecule has 0 bridgehead atoms. The molecule has 2 aliphatic rings. The normalized spacial score (nSPS) is 24.5. The molecule has 1 saturated heterocycles. The molecule has 3 rings (SSSR count). The van der Waals surface area contributed by atoms with Crippen molar-refractivity contribution in [2.75, 3.05) is 45.9 Å². The van der Waals surface area contributed by atoms with Gasteiger partial charge in [0.05, 0.1) is 6.54 Å². The summed E-state index contributed by atoms with van der Waals surface area (Å²) < 4.78 is 5.77. The Morgan fingerprint density at radius 1 is 1.11 bits per heavy atom. The predicted octanol–water partition coefficient (Wildman–Crippen LogP) is 3.03. The van der Waals surface area contributed by atoms with E-state index in [4.69, 9.17) is 16.3 Å². The van der Waals surface area contributed by atoms with Crippen molar-refractivity contribution in [3.63, 3.8) is 0 Å². The van der Waals surface area contributed by atoms with Gasteiger partial charge >= 0.3 is 0 Å². The largest absolute Gasteiger partial charge is 0.492 e. The Hall–Kier alpha value is -1.30. The second kappa shape index (κ2) is 10.3. The van der Waals surface area contributed by atoms with Crippen molar-refractivity contribution < 1.29 is 9.53 Å². The molecule has 1 heterocycles. The molecule has 1 amide bonds. The Kier molecular flexibility index (Phi) is 7.80. The minimum Gasteiger partial charge on any atom is -0.492 e. The first-order chi connectivity index (χ1) is 13.1. The van der Waals surface area contributed by atoms with Crippen LogP contribution in [0.5, 0.6) is 5.75 Å². The standard InChI is InChI=1S/C21H32ClN3O2/c1-17-4-2-3-5-20(17)23-21(26)16-25-12-10-24(11-13-25)14-15-27-19-8-6-18(22)7-9-19/h6-9,17,20H,2-5,10-16H2,1H3,(H,23,26)/t17-,20+/m0/s1. The van der Waals surface area contributed by atoms with Crippen molar-refractivity contribution in [1.82, 2.24) is 15.1 Å². The van der Waals surface area contributed by atoms with Gasteiger partial charge in [-0.1, -0.05) is 31.4 Å². The maximum atomic E-state index is 12.4. The summed E-state index contributed by atoms with van der Waals surface area (Å²) in [4.78, 5) is 17.0. The van der Waals surface area contributed by atoms with Crippen LogP contribution in [0.15, 0.2) is 24.3 Å². The van der Waals surface area contributed by atoms with Gasteiger partial charge in [-0.3, -0.25) is 14.6 Å². The van der Waals surface area contributed by atoms with Crippen LogP contribution in [0.4, 0.5) is 0 Å². The summed E-state index contributed by atoms with van der Waals surface area (Å²) >= 11 is 5.88. The zero-order valence-electron chi connectivity index (χ0n) is 16.3. The summed E-state index contributed by atoms with van der Waals surface area (Å²) in [5.74, 6) is 1.65. The molecular weight excluding hydrogens is 362 g/mol. The van der Waals surface area contributed by atoms with Crippen LogP contribution < -0.4 is 10.1 Å². The number of nitrogens with zero attached hydrogens (tertiary/aromatic N) is 2.